The highest BCUT2D eigenvalue weighted by Crippen LogP contribution is 2.21. The van der Waals surface area contributed by atoms with Crippen LogP contribution in [-0.2, 0) is 4.79 Å². The lowest BCUT2D eigenvalue weighted by Gasteiger charge is -2.11. The quantitative estimate of drug-likeness (QED) is 0.669. The first-order valence-electron chi connectivity index (χ1n) is 4.71. The normalized spacial score (nSPS) is 30.0. The van der Waals surface area contributed by atoms with E-state index < -0.39 is 5.97 Å². The molecule has 1 rings (SSSR count). The van der Waals surface area contributed by atoms with Crippen LogP contribution in [0, 0.1) is 11.8 Å². The minimum Gasteiger partial charge on any atom is -0.478 e. The van der Waals surface area contributed by atoms with Gasteiger partial charge in [-0.2, -0.15) is 0 Å². The van der Waals surface area contributed by atoms with E-state index in [4.69, 9.17) is 5.11 Å². The Hall–Kier alpha value is -0.830. The second-order valence-electron chi connectivity index (χ2n) is 3.91. The van der Waals surface area contributed by atoms with Crippen molar-refractivity contribution in [1.82, 2.24) is 4.90 Å². The Morgan fingerprint density at radius 1 is 1.46 bits per heavy atom. The molecule has 2 atom stereocenters. The number of likely N-dealkylation sites (tertiary alicyclic amines) is 1. The smallest absolute Gasteiger partial charge is 0.328 e. The number of aliphatic carboxylic acids is 1. The molecule has 0 spiro atoms. The Labute approximate surface area is 79.0 Å². The van der Waals surface area contributed by atoms with Crippen molar-refractivity contribution in [2.75, 3.05) is 19.6 Å². The molecular weight excluding hydrogens is 166 g/mol. The van der Waals surface area contributed by atoms with Crippen molar-refractivity contribution in [3.63, 3.8) is 0 Å². The molecule has 1 aliphatic rings. The second kappa shape index (κ2) is 4.42. The summed E-state index contributed by atoms with van der Waals surface area (Å²) in [7, 11) is 0. The third-order valence-electron chi connectivity index (χ3n) is 2.69. The van der Waals surface area contributed by atoms with E-state index in [2.05, 4.69) is 18.7 Å². The highest BCUT2D eigenvalue weighted by Gasteiger charge is 2.24. The first kappa shape index (κ1) is 10.3. The van der Waals surface area contributed by atoms with Crippen molar-refractivity contribution in [3.8, 4) is 0 Å². The molecule has 1 saturated heterocycles. The van der Waals surface area contributed by atoms with E-state index in [1.165, 1.54) is 6.08 Å². The van der Waals surface area contributed by atoms with Crippen molar-refractivity contribution >= 4 is 5.97 Å². The number of rotatable bonds is 3. The molecule has 1 N–H and O–H groups in total. The zero-order chi connectivity index (χ0) is 9.84. The summed E-state index contributed by atoms with van der Waals surface area (Å²) < 4.78 is 0. The fourth-order valence-electron chi connectivity index (χ4n) is 1.70. The van der Waals surface area contributed by atoms with Crippen molar-refractivity contribution < 1.29 is 9.90 Å². The van der Waals surface area contributed by atoms with E-state index >= 15 is 0 Å². The van der Waals surface area contributed by atoms with Gasteiger partial charge in [-0.25, -0.2) is 4.79 Å². The van der Waals surface area contributed by atoms with Gasteiger partial charge >= 0.3 is 5.97 Å². The summed E-state index contributed by atoms with van der Waals surface area (Å²) in [4.78, 5) is 12.5. The lowest BCUT2D eigenvalue weighted by atomic mass is 10.0. The van der Waals surface area contributed by atoms with Gasteiger partial charge < -0.3 is 5.11 Å². The van der Waals surface area contributed by atoms with Crippen LogP contribution < -0.4 is 0 Å². The minimum absolute atomic E-state index is 0.734. The molecular formula is C10H17NO2. The molecule has 0 aromatic rings. The van der Waals surface area contributed by atoms with Gasteiger partial charge in [0.2, 0.25) is 0 Å². The molecule has 2 unspecified atom stereocenters. The van der Waals surface area contributed by atoms with Crippen molar-refractivity contribution in [2.45, 2.75) is 13.8 Å². The molecule has 0 aromatic carbocycles. The highest BCUT2D eigenvalue weighted by molar-refractivity contribution is 5.79. The summed E-state index contributed by atoms with van der Waals surface area (Å²) in [6, 6.07) is 0. The second-order valence-corrected chi connectivity index (χ2v) is 3.91. The largest absolute Gasteiger partial charge is 0.478 e. The lowest BCUT2D eigenvalue weighted by molar-refractivity contribution is -0.131. The third-order valence-corrected chi connectivity index (χ3v) is 2.69. The van der Waals surface area contributed by atoms with Gasteiger partial charge in [-0.3, -0.25) is 4.90 Å². The molecule has 74 valence electrons. The van der Waals surface area contributed by atoms with Crippen molar-refractivity contribution in [2.24, 2.45) is 11.8 Å². The number of carboxylic acid groups (broad SMARTS) is 1. The Kier molecular flexibility index (Phi) is 3.48. The number of hydrogen-bond donors (Lipinski definition) is 1. The molecule has 1 heterocycles. The van der Waals surface area contributed by atoms with Gasteiger partial charge in [0, 0.05) is 25.7 Å². The molecule has 0 aromatic heterocycles. The molecule has 0 bridgehead atoms. The first-order chi connectivity index (χ1) is 6.09. The van der Waals surface area contributed by atoms with Crippen molar-refractivity contribution in [1.29, 1.82) is 0 Å². The lowest BCUT2D eigenvalue weighted by Crippen LogP contribution is -2.20. The standard InChI is InChI=1S/C10H17NO2/c1-8-6-11(7-9(8)2)5-3-4-10(12)13/h3-4,8-9H,5-7H2,1-2H3,(H,12,13). The maximum Gasteiger partial charge on any atom is 0.328 e. The molecule has 13 heavy (non-hydrogen) atoms. The summed E-state index contributed by atoms with van der Waals surface area (Å²) in [5.41, 5.74) is 0. The Balaban J connectivity index is 2.28. The van der Waals surface area contributed by atoms with Gasteiger partial charge in [-0.15, -0.1) is 0 Å². The molecule has 0 amide bonds. The fraction of sp³-hybridized carbons (Fsp3) is 0.700. The van der Waals surface area contributed by atoms with Crippen LogP contribution in [0.3, 0.4) is 0 Å². The predicted molar refractivity (Wildman–Crippen MR) is 51.5 cm³/mol. The zero-order valence-electron chi connectivity index (χ0n) is 8.23. The Morgan fingerprint density at radius 3 is 2.46 bits per heavy atom. The maximum atomic E-state index is 10.2. The summed E-state index contributed by atoms with van der Waals surface area (Å²) in [5.74, 6) is 0.608. The van der Waals surface area contributed by atoms with Crippen molar-refractivity contribution in [3.05, 3.63) is 12.2 Å². The van der Waals surface area contributed by atoms with Gasteiger partial charge in [-0.1, -0.05) is 19.9 Å². The van der Waals surface area contributed by atoms with E-state index in [9.17, 15) is 4.79 Å². The van der Waals surface area contributed by atoms with Gasteiger partial charge in [0.1, 0.15) is 0 Å². The third kappa shape index (κ3) is 3.19. The zero-order valence-corrected chi connectivity index (χ0v) is 8.23. The molecule has 0 radical (unpaired) electrons. The Bertz CT molecular complexity index is 203. The van der Waals surface area contributed by atoms with E-state index in [-0.39, 0.29) is 0 Å². The summed E-state index contributed by atoms with van der Waals surface area (Å²) in [6.07, 6.45) is 2.93. The maximum absolute atomic E-state index is 10.2. The molecule has 0 aliphatic carbocycles. The van der Waals surface area contributed by atoms with Gasteiger partial charge in [0.15, 0.2) is 0 Å². The van der Waals surface area contributed by atoms with E-state index in [1.807, 2.05) is 0 Å². The summed E-state index contributed by atoms with van der Waals surface area (Å²) in [5, 5.41) is 8.39. The van der Waals surface area contributed by atoms with Gasteiger partial charge in [0.05, 0.1) is 0 Å². The fourth-order valence-corrected chi connectivity index (χ4v) is 1.70. The van der Waals surface area contributed by atoms with Crippen LogP contribution in [0.4, 0.5) is 0 Å². The average molecular weight is 183 g/mol. The van der Waals surface area contributed by atoms with Crippen LogP contribution >= 0.6 is 0 Å². The molecule has 0 saturated carbocycles. The topological polar surface area (TPSA) is 40.5 Å². The van der Waals surface area contributed by atoms with Gasteiger partial charge in [-0.05, 0) is 11.8 Å². The number of carboxylic acids is 1. The monoisotopic (exact) mass is 183 g/mol. The first-order valence-corrected chi connectivity index (χ1v) is 4.71. The Morgan fingerprint density at radius 2 is 2.00 bits per heavy atom. The highest BCUT2D eigenvalue weighted by atomic mass is 16.4. The number of hydrogen-bond acceptors (Lipinski definition) is 2. The SMILES string of the molecule is CC1CN(CC=CC(=O)O)CC1C. The summed E-state index contributed by atoms with van der Waals surface area (Å²) in [6.45, 7) is 7.42. The van der Waals surface area contributed by atoms with Crippen LogP contribution in [0.25, 0.3) is 0 Å². The van der Waals surface area contributed by atoms with Crippen LogP contribution in [0.1, 0.15) is 13.8 Å². The summed E-state index contributed by atoms with van der Waals surface area (Å²) >= 11 is 0. The number of nitrogens with zero attached hydrogens (tertiary/aromatic N) is 1. The average Bonchev–Trinajstić information content (AvgIpc) is 2.30. The molecule has 3 heteroatoms. The van der Waals surface area contributed by atoms with E-state index in [0.717, 1.165) is 31.5 Å². The molecule has 1 aliphatic heterocycles. The van der Waals surface area contributed by atoms with Crippen LogP contribution in [0.15, 0.2) is 12.2 Å². The van der Waals surface area contributed by atoms with Gasteiger partial charge in [0.25, 0.3) is 0 Å². The molecule has 1 fully saturated rings. The molecule has 3 nitrogen and oxygen atoms in total. The van der Waals surface area contributed by atoms with Crippen LogP contribution in [0.5, 0.6) is 0 Å². The van der Waals surface area contributed by atoms with E-state index in [0.29, 0.717) is 0 Å². The minimum atomic E-state index is -0.861. The van der Waals surface area contributed by atoms with Crippen LogP contribution in [-0.4, -0.2) is 35.6 Å². The predicted octanol–water partition coefficient (Wildman–Crippen LogP) is 1.22. The van der Waals surface area contributed by atoms with E-state index in [1.54, 1.807) is 6.08 Å². The number of carbonyl (C=O) groups is 1. The van der Waals surface area contributed by atoms with Crippen LogP contribution in [0.2, 0.25) is 0 Å².